The molecule has 1 heterocycles. The normalized spacial score (nSPS) is 11.3. The van der Waals surface area contributed by atoms with Gasteiger partial charge in [-0.25, -0.2) is 0 Å². The molecule has 0 aliphatic carbocycles. The Morgan fingerprint density at radius 2 is 1.37 bits per heavy atom. The van der Waals surface area contributed by atoms with Crippen molar-refractivity contribution in [1.82, 2.24) is 0 Å². The van der Waals surface area contributed by atoms with Crippen LogP contribution in [0.15, 0.2) is 83.3 Å². The zero-order valence-electron chi connectivity index (χ0n) is 14.3. The summed E-state index contributed by atoms with van der Waals surface area (Å²) >= 11 is 0. The summed E-state index contributed by atoms with van der Waals surface area (Å²) < 4.78 is 10.8. The quantitative estimate of drug-likeness (QED) is 0.459. The molecule has 0 aliphatic heterocycles. The van der Waals surface area contributed by atoms with Crippen LogP contribution < -0.4 is 4.65 Å². The maximum Gasteiger partial charge on any atom is 0.707 e. The molecule has 5 aromatic rings. The molecule has 0 unspecified atom stereocenters. The van der Waals surface area contributed by atoms with Crippen molar-refractivity contribution in [3.05, 3.63) is 78.9 Å². The number of benzene rings is 4. The van der Waals surface area contributed by atoms with Crippen LogP contribution >= 0.6 is 0 Å². The van der Waals surface area contributed by atoms with Gasteiger partial charge in [-0.15, -0.1) is 0 Å². The van der Waals surface area contributed by atoms with Crippen molar-refractivity contribution < 1.29 is 19.1 Å². The average Bonchev–Trinajstić information content (AvgIpc) is 3.05. The maximum absolute atomic E-state index is 8.94. The van der Waals surface area contributed by atoms with Gasteiger partial charge in [-0.2, -0.15) is 0 Å². The topological polar surface area (TPSA) is 62.8 Å². The lowest BCUT2D eigenvalue weighted by molar-refractivity contribution is 0.288. The van der Waals surface area contributed by atoms with E-state index in [1.807, 2.05) is 42.5 Å². The van der Waals surface area contributed by atoms with Crippen LogP contribution in [-0.4, -0.2) is 17.4 Å². The van der Waals surface area contributed by atoms with Gasteiger partial charge in [-0.3, -0.25) is 0 Å². The van der Waals surface area contributed by atoms with Crippen molar-refractivity contribution >= 4 is 40.0 Å². The van der Waals surface area contributed by atoms with E-state index in [2.05, 4.69) is 24.3 Å². The smallest absolute Gasteiger partial charge is 0.512 e. The van der Waals surface area contributed by atoms with Gasteiger partial charge in [0.1, 0.15) is 16.9 Å². The number of fused-ring (bicyclic) bond motifs is 4. The second kappa shape index (κ2) is 6.16. The molecule has 27 heavy (non-hydrogen) atoms. The van der Waals surface area contributed by atoms with Crippen LogP contribution in [0.4, 0.5) is 0 Å². The monoisotopic (exact) mass is 354 g/mol. The Morgan fingerprint density at radius 3 is 2.26 bits per heavy atom. The summed E-state index contributed by atoms with van der Waals surface area (Å²) in [5, 5.41) is 22.1. The van der Waals surface area contributed by atoms with Crippen molar-refractivity contribution in [3.63, 3.8) is 0 Å². The Hall–Kier alpha value is -3.28. The lowest BCUT2D eigenvalue weighted by Gasteiger charge is -2.08. The summed E-state index contributed by atoms with van der Waals surface area (Å²) in [4.78, 5) is 0. The van der Waals surface area contributed by atoms with Gasteiger partial charge in [0.15, 0.2) is 0 Å². The first-order valence-electron chi connectivity index (χ1n) is 8.66. The highest BCUT2D eigenvalue weighted by atomic mass is 16.6. The minimum absolute atomic E-state index is 0.413. The third-order valence-corrected chi connectivity index (χ3v) is 4.76. The highest BCUT2D eigenvalue weighted by Gasteiger charge is 2.12. The molecular formula is C22H15BO4. The van der Waals surface area contributed by atoms with Crippen molar-refractivity contribution in [2.45, 2.75) is 0 Å². The first-order valence-corrected chi connectivity index (χ1v) is 8.66. The fourth-order valence-electron chi connectivity index (χ4n) is 3.50. The molecule has 4 nitrogen and oxygen atoms in total. The summed E-state index contributed by atoms with van der Waals surface area (Å²) in [6, 6.07) is 25.8. The van der Waals surface area contributed by atoms with E-state index >= 15 is 0 Å². The maximum atomic E-state index is 8.94. The van der Waals surface area contributed by atoms with E-state index in [0.717, 1.165) is 43.8 Å². The molecule has 0 bridgehead atoms. The molecule has 0 amide bonds. The molecule has 0 radical (unpaired) electrons. The number of furan rings is 1. The molecule has 5 rings (SSSR count). The van der Waals surface area contributed by atoms with Crippen molar-refractivity contribution in [2.24, 2.45) is 0 Å². The summed E-state index contributed by atoms with van der Waals surface area (Å²) in [6.45, 7) is 0. The highest BCUT2D eigenvalue weighted by Crippen LogP contribution is 2.33. The SMILES string of the molecule is OB(O)Oc1ccc2cc(-c3ccc4oc5ccccc5c4c3)ccc2c1. The van der Waals surface area contributed by atoms with Crippen LogP contribution in [0.1, 0.15) is 0 Å². The summed E-state index contributed by atoms with van der Waals surface area (Å²) in [5.41, 5.74) is 3.99. The van der Waals surface area contributed by atoms with Gasteiger partial charge >= 0.3 is 7.32 Å². The standard InChI is InChI=1S/C22H15BO4/c24-23(25)27-18-9-7-15-11-14(5-6-16(15)12-18)17-8-10-22-20(13-17)19-3-1-2-4-21(19)26-22/h1-13,24-25H. The van der Waals surface area contributed by atoms with Gasteiger partial charge in [0, 0.05) is 10.8 Å². The van der Waals surface area contributed by atoms with Gasteiger partial charge in [0.05, 0.1) is 0 Å². The molecule has 0 saturated carbocycles. The zero-order chi connectivity index (χ0) is 18.4. The number of hydrogen-bond donors (Lipinski definition) is 2. The first kappa shape index (κ1) is 15.9. The Bertz CT molecular complexity index is 1290. The fourth-order valence-corrected chi connectivity index (χ4v) is 3.50. The summed E-state index contributed by atoms with van der Waals surface area (Å²) in [7, 11) is -1.82. The minimum Gasteiger partial charge on any atom is -0.512 e. The van der Waals surface area contributed by atoms with Crippen LogP contribution in [0.25, 0.3) is 43.8 Å². The molecule has 0 atom stereocenters. The van der Waals surface area contributed by atoms with Gasteiger partial charge in [0.2, 0.25) is 0 Å². The van der Waals surface area contributed by atoms with Gasteiger partial charge < -0.3 is 19.1 Å². The third kappa shape index (κ3) is 2.83. The van der Waals surface area contributed by atoms with Crippen LogP contribution in [0, 0.1) is 0 Å². The number of hydrogen-bond acceptors (Lipinski definition) is 4. The average molecular weight is 354 g/mol. The molecule has 0 fully saturated rings. The number of para-hydroxylation sites is 1. The van der Waals surface area contributed by atoms with Crippen LogP contribution in [0.2, 0.25) is 0 Å². The van der Waals surface area contributed by atoms with E-state index in [1.54, 1.807) is 12.1 Å². The molecule has 130 valence electrons. The molecule has 0 saturated heterocycles. The Labute approximate surface area is 155 Å². The van der Waals surface area contributed by atoms with Crippen LogP contribution in [0.5, 0.6) is 5.75 Å². The third-order valence-electron chi connectivity index (χ3n) is 4.76. The van der Waals surface area contributed by atoms with Crippen LogP contribution in [-0.2, 0) is 0 Å². The predicted octanol–water partition coefficient (Wildman–Crippen LogP) is 4.75. The molecule has 5 heteroatoms. The molecule has 1 aromatic heterocycles. The summed E-state index contributed by atoms with van der Waals surface area (Å²) in [5.74, 6) is 0.413. The Balaban J connectivity index is 1.60. The van der Waals surface area contributed by atoms with Gasteiger partial charge in [-0.05, 0) is 58.3 Å². The molecular weight excluding hydrogens is 339 g/mol. The highest BCUT2D eigenvalue weighted by molar-refractivity contribution is 6.33. The second-order valence-corrected chi connectivity index (χ2v) is 6.48. The van der Waals surface area contributed by atoms with Crippen LogP contribution in [0.3, 0.4) is 0 Å². The van der Waals surface area contributed by atoms with E-state index in [1.165, 1.54) is 0 Å². The Kier molecular flexibility index (Phi) is 3.64. The fraction of sp³-hybridized carbons (Fsp3) is 0. The van der Waals surface area contributed by atoms with Gasteiger partial charge in [0.25, 0.3) is 0 Å². The van der Waals surface area contributed by atoms with Crippen molar-refractivity contribution in [3.8, 4) is 16.9 Å². The Morgan fingerprint density at radius 1 is 0.667 bits per heavy atom. The molecule has 0 spiro atoms. The van der Waals surface area contributed by atoms with E-state index in [4.69, 9.17) is 19.1 Å². The van der Waals surface area contributed by atoms with Gasteiger partial charge in [-0.1, -0.05) is 42.5 Å². The van der Waals surface area contributed by atoms with Crippen molar-refractivity contribution in [2.75, 3.05) is 0 Å². The van der Waals surface area contributed by atoms with E-state index in [0.29, 0.717) is 5.75 Å². The summed E-state index contributed by atoms with van der Waals surface area (Å²) in [6.07, 6.45) is 0. The largest absolute Gasteiger partial charge is 0.707 e. The molecule has 4 aromatic carbocycles. The second-order valence-electron chi connectivity index (χ2n) is 6.48. The zero-order valence-corrected chi connectivity index (χ0v) is 14.3. The van der Waals surface area contributed by atoms with E-state index in [-0.39, 0.29) is 0 Å². The first-order chi connectivity index (χ1) is 13.2. The van der Waals surface area contributed by atoms with E-state index in [9.17, 15) is 0 Å². The lowest BCUT2D eigenvalue weighted by atomic mass is 9.99. The molecule has 2 N–H and O–H groups in total. The predicted molar refractivity (Wildman–Crippen MR) is 107 cm³/mol. The lowest BCUT2D eigenvalue weighted by Crippen LogP contribution is -2.20. The number of rotatable bonds is 3. The molecule has 0 aliphatic rings. The van der Waals surface area contributed by atoms with Crippen molar-refractivity contribution in [1.29, 1.82) is 0 Å². The minimum atomic E-state index is -1.82. The van der Waals surface area contributed by atoms with E-state index < -0.39 is 7.32 Å².